The number of aromatic nitrogens is 1. The number of aryl methyl sites for hydroxylation is 1. The first-order chi connectivity index (χ1) is 30.8. The Bertz CT molecular complexity index is 2050. The Morgan fingerprint density at radius 2 is 1.86 bits per heavy atom. The SMILES string of the molecule is C=CCO[C@@]12Oc3ccc(OCc4cccc(C)n4)cc3[C@H]3[C@H](CCCCO)[C@@H](CCCCO)C=C(C(=NOC4CCCCO4)C[C@@H]1N(CCC)C(=O)Cc1cccc(OC)c1)[C@H]32. The van der Waals surface area contributed by atoms with Gasteiger partial charge in [0.25, 0.3) is 0 Å². The van der Waals surface area contributed by atoms with Crippen LogP contribution in [0.2, 0.25) is 0 Å². The Morgan fingerprint density at radius 1 is 1.03 bits per heavy atom. The average Bonchev–Trinajstić information content (AvgIpc) is 3.30. The van der Waals surface area contributed by atoms with Crippen molar-refractivity contribution in [3.63, 3.8) is 0 Å². The van der Waals surface area contributed by atoms with Crippen LogP contribution < -0.4 is 14.2 Å². The van der Waals surface area contributed by atoms with Crippen LogP contribution in [0.5, 0.6) is 17.2 Å². The third-order valence-corrected chi connectivity index (χ3v) is 13.0. The number of allylic oxidation sites excluding steroid dienone is 1. The van der Waals surface area contributed by atoms with Gasteiger partial charge in [-0.3, -0.25) is 9.78 Å². The van der Waals surface area contributed by atoms with Crippen LogP contribution in [0.15, 0.2) is 90.1 Å². The Morgan fingerprint density at radius 3 is 2.60 bits per heavy atom. The number of hydrogen-bond acceptors (Lipinski definition) is 11. The van der Waals surface area contributed by atoms with Crippen LogP contribution in [0, 0.1) is 24.7 Å². The number of benzene rings is 2. The molecule has 1 amide bonds. The number of nitrogens with zero attached hydrogens (tertiary/aromatic N) is 3. The monoisotopic (exact) mass is 865 g/mol. The summed E-state index contributed by atoms with van der Waals surface area (Å²) in [7, 11) is 1.63. The molecule has 1 aromatic heterocycles. The molecular weight excluding hydrogens is 799 g/mol. The third-order valence-electron chi connectivity index (χ3n) is 13.0. The fourth-order valence-electron chi connectivity index (χ4n) is 10.2. The molecule has 0 spiro atoms. The number of aliphatic hydroxyl groups is 2. The first-order valence-corrected chi connectivity index (χ1v) is 23.2. The van der Waals surface area contributed by atoms with Crippen molar-refractivity contribution in [1.29, 1.82) is 0 Å². The zero-order chi connectivity index (χ0) is 44.2. The van der Waals surface area contributed by atoms with Gasteiger partial charge in [0, 0.05) is 49.8 Å². The van der Waals surface area contributed by atoms with E-state index in [1.54, 1.807) is 13.2 Å². The minimum atomic E-state index is -1.35. The highest BCUT2D eigenvalue weighted by Crippen LogP contribution is 2.62. The fourth-order valence-corrected chi connectivity index (χ4v) is 10.2. The first kappa shape index (κ1) is 46.2. The van der Waals surface area contributed by atoms with E-state index in [4.69, 9.17) is 33.7 Å². The van der Waals surface area contributed by atoms with Gasteiger partial charge in [-0.2, -0.15) is 0 Å². The predicted molar refractivity (Wildman–Crippen MR) is 242 cm³/mol. The molecule has 2 aliphatic carbocycles. The number of unbranched alkanes of at least 4 members (excludes halogenated alkanes) is 2. The number of carbonyl (C=O) groups is 1. The molecule has 3 aromatic rings. The number of oxime groups is 1. The van der Waals surface area contributed by atoms with Crippen LogP contribution >= 0.6 is 0 Å². The maximum Gasteiger partial charge on any atom is 0.239 e. The van der Waals surface area contributed by atoms with E-state index in [2.05, 4.69) is 30.6 Å². The van der Waals surface area contributed by atoms with Crippen molar-refractivity contribution < 1.29 is 43.5 Å². The summed E-state index contributed by atoms with van der Waals surface area (Å²) in [5.74, 6) is 0.241. The Labute approximate surface area is 373 Å². The Balaban J connectivity index is 1.41. The molecule has 2 fully saturated rings. The summed E-state index contributed by atoms with van der Waals surface area (Å²) < 4.78 is 32.6. The molecule has 0 radical (unpaired) electrons. The molecule has 63 heavy (non-hydrogen) atoms. The zero-order valence-electron chi connectivity index (χ0n) is 37.4. The molecule has 2 aromatic carbocycles. The number of hydrogen-bond donors (Lipinski definition) is 2. The van der Waals surface area contributed by atoms with E-state index < -0.39 is 24.0 Å². The second kappa shape index (κ2) is 22.2. The lowest BCUT2D eigenvalue weighted by Gasteiger charge is -2.60. The van der Waals surface area contributed by atoms with Gasteiger partial charge in [0.1, 0.15) is 29.9 Å². The molecule has 2 aliphatic heterocycles. The lowest BCUT2D eigenvalue weighted by molar-refractivity contribution is -0.257. The first-order valence-electron chi connectivity index (χ1n) is 23.2. The fraction of sp³-hybridized carbons (Fsp3) is 0.549. The molecular formula is C51H67N3O9. The largest absolute Gasteiger partial charge is 0.497 e. The lowest BCUT2D eigenvalue weighted by Crippen LogP contribution is -2.70. The number of methoxy groups -OCH3 is 1. The van der Waals surface area contributed by atoms with Crippen molar-refractivity contribution in [2.24, 2.45) is 22.9 Å². The summed E-state index contributed by atoms with van der Waals surface area (Å²) in [6.45, 7) is 9.92. The maximum atomic E-state index is 15.0. The Hall–Kier alpha value is -4.75. The maximum absolute atomic E-state index is 15.0. The molecule has 1 saturated heterocycles. The second-order valence-electron chi connectivity index (χ2n) is 17.3. The number of carbonyl (C=O) groups excluding carboxylic acids is 1. The lowest BCUT2D eigenvalue weighted by atomic mass is 9.55. The van der Waals surface area contributed by atoms with Crippen LogP contribution in [-0.4, -0.2) is 89.9 Å². The van der Waals surface area contributed by atoms with Crippen molar-refractivity contribution in [2.45, 2.75) is 122 Å². The number of aliphatic hydroxyl groups excluding tert-OH is 2. The molecule has 12 heteroatoms. The molecule has 3 heterocycles. The van der Waals surface area contributed by atoms with E-state index in [1.165, 1.54) is 0 Å². The van der Waals surface area contributed by atoms with Crippen molar-refractivity contribution in [1.82, 2.24) is 9.88 Å². The number of pyridine rings is 1. The summed E-state index contributed by atoms with van der Waals surface area (Å²) in [5.41, 5.74) is 5.35. The summed E-state index contributed by atoms with van der Waals surface area (Å²) in [5, 5.41) is 25.0. The topological polar surface area (TPSA) is 141 Å². The average molecular weight is 866 g/mol. The van der Waals surface area contributed by atoms with Gasteiger partial charge in [0.05, 0.1) is 44.1 Å². The second-order valence-corrected chi connectivity index (χ2v) is 17.3. The van der Waals surface area contributed by atoms with Gasteiger partial charge in [-0.05, 0) is 117 Å². The number of fused-ring (bicyclic) bond motifs is 2. The van der Waals surface area contributed by atoms with Gasteiger partial charge in [-0.25, -0.2) is 0 Å². The van der Waals surface area contributed by atoms with Gasteiger partial charge in [-0.1, -0.05) is 55.3 Å². The summed E-state index contributed by atoms with van der Waals surface area (Å²) in [6, 6.07) is 19.0. The van der Waals surface area contributed by atoms with Gasteiger partial charge in [0.2, 0.25) is 18.0 Å². The van der Waals surface area contributed by atoms with Gasteiger partial charge in [0.15, 0.2) is 0 Å². The highest BCUT2D eigenvalue weighted by molar-refractivity contribution is 6.03. The minimum Gasteiger partial charge on any atom is -0.497 e. The summed E-state index contributed by atoms with van der Waals surface area (Å²) in [6.07, 6.45) is 12.3. The predicted octanol–water partition coefficient (Wildman–Crippen LogP) is 8.62. The van der Waals surface area contributed by atoms with Crippen LogP contribution in [0.3, 0.4) is 0 Å². The smallest absolute Gasteiger partial charge is 0.239 e. The van der Waals surface area contributed by atoms with Crippen LogP contribution in [0.25, 0.3) is 0 Å². The van der Waals surface area contributed by atoms with E-state index in [1.807, 2.05) is 66.4 Å². The highest BCUT2D eigenvalue weighted by Gasteiger charge is 2.65. The normalized spacial score (nSPS) is 25.5. The van der Waals surface area contributed by atoms with E-state index in [0.29, 0.717) is 62.7 Å². The zero-order valence-corrected chi connectivity index (χ0v) is 37.4. The van der Waals surface area contributed by atoms with E-state index in [9.17, 15) is 15.0 Å². The van der Waals surface area contributed by atoms with Gasteiger partial charge in [-0.15, -0.1) is 6.58 Å². The molecule has 4 aliphatic rings. The van der Waals surface area contributed by atoms with Crippen LogP contribution in [-0.2, 0) is 32.1 Å². The van der Waals surface area contributed by atoms with Gasteiger partial charge >= 0.3 is 0 Å². The molecule has 12 nitrogen and oxygen atoms in total. The number of ether oxygens (including phenoxy) is 5. The van der Waals surface area contributed by atoms with Crippen molar-refractivity contribution in [2.75, 3.05) is 40.1 Å². The molecule has 1 unspecified atom stereocenters. The molecule has 0 bridgehead atoms. The molecule has 7 atom stereocenters. The molecule has 1 saturated carbocycles. The summed E-state index contributed by atoms with van der Waals surface area (Å²) in [4.78, 5) is 27.9. The van der Waals surface area contributed by atoms with E-state index >= 15 is 0 Å². The molecule has 340 valence electrons. The minimum absolute atomic E-state index is 0.0587. The van der Waals surface area contributed by atoms with Crippen molar-refractivity contribution >= 4 is 11.6 Å². The number of amides is 1. The van der Waals surface area contributed by atoms with Gasteiger partial charge < -0.3 is 43.6 Å². The summed E-state index contributed by atoms with van der Waals surface area (Å²) >= 11 is 0. The molecule has 7 rings (SSSR count). The number of rotatable bonds is 22. The van der Waals surface area contributed by atoms with Crippen molar-refractivity contribution in [3.05, 3.63) is 107 Å². The van der Waals surface area contributed by atoms with Crippen LogP contribution in [0.4, 0.5) is 0 Å². The van der Waals surface area contributed by atoms with Crippen LogP contribution in [0.1, 0.15) is 106 Å². The molecule has 2 N–H and O–H groups in total. The third kappa shape index (κ3) is 10.8. The van der Waals surface area contributed by atoms with E-state index in [0.717, 1.165) is 78.7 Å². The van der Waals surface area contributed by atoms with Crippen molar-refractivity contribution in [3.8, 4) is 17.2 Å². The quantitative estimate of drug-likeness (QED) is 0.0573. The standard InChI is InChI=1S/C51H67N3O9/c1-5-24-54(47(57)30-36-16-14-19-39(29-36)58-4)46-33-44(53-63-48-21-9-12-28-59-48)42-31-37(17-7-10-25-55)41(20-8-11-26-56)49-43-32-40(60-34-38-18-13-15-35(3)52-38)22-23-45(43)62-51(46,50(42)49)61-27-6-2/h6,13-16,18-19,22-23,29,31-32,37,41,46,48-50,55-56H,2,5,7-12,17,20-21,24-28,30,33-34H2,1,3-4H3/t37-,41+,46-,48?,49+,50+,51+/m0/s1. The Kier molecular flexibility index (Phi) is 16.3. The highest BCUT2D eigenvalue weighted by atomic mass is 16.8. The van der Waals surface area contributed by atoms with E-state index in [-0.39, 0.29) is 49.9 Å².